The van der Waals surface area contributed by atoms with Crippen molar-refractivity contribution in [3.63, 3.8) is 0 Å². The van der Waals surface area contributed by atoms with Gasteiger partial charge in [0.05, 0.1) is 12.2 Å². The molecule has 3 aromatic rings. The summed E-state index contributed by atoms with van der Waals surface area (Å²) in [5.74, 6) is 0.165. The Hall–Kier alpha value is -2.73. The summed E-state index contributed by atoms with van der Waals surface area (Å²) in [5, 5.41) is 5.09. The number of carbonyl (C=O) groups is 1. The molecule has 1 aromatic heterocycles. The van der Waals surface area contributed by atoms with Crippen LogP contribution in [0.5, 0.6) is 0 Å². The number of hydrogen-bond donors (Lipinski definition) is 0. The first-order valence-corrected chi connectivity index (χ1v) is 9.79. The molecular formula is C22H22FN3O2. The Morgan fingerprint density at radius 1 is 1.11 bits per heavy atom. The maximum Gasteiger partial charge on any atom is 0.237 e. The van der Waals surface area contributed by atoms with Crippen LogP contribution in [-0.2, 0) is 17.9 Å². The SMILES string of the molecule is O=C(CN1CCC(c2noc3cc(F)ccc23)CC1)N1Cc2ccccc2C1. The number of amides is 1. The molecule has 6 heteroatoms. The summed E-state index contributed by atoms with van der Waals surface area (Å²) in [4.78, 5) is 16.9. The van der Waals surface area contributed by atoms with E-state index in [-0.39, 0.29) is 17.6 Å². The van der Waals surface area contributed by atoms with Crippen LogP contribution in [0.3, 0.4) is 0 Å². The highest BCUT2D eigenvalue weighted by molar-refractivity contribution is 5.80. The van der Waals surface area contributed by atoms with Gasteiger partial charge >= 0.3 is 0 Å². The molecule has 1 fully saturated rings. The first-order valence-electron chi connectivity index (χ1n) is 9.79. The van der Waals surface area contributed by atoms with E-state index in [2.05, 4.69) is 22.2 Å². The van der Waals surface area contributed by atoms with Crippen molar-refractivity contribution in [1.82, 2.24) is 15.0 Å². The Kier molecular flexibility index (Phi) is 4.36. The number of hydrogen-bond acceptors (Lipinski definition) is 4. The lowest BCUT2D eigenvalue weighted by atomic mass is 9.91. The predicted octanol–water partition coefficient (Wildman–Crippen LogP) is 3.69. The summed E-state index contributed by atoms with van der Waals surface area (Å²) in [6.07, 6.45) is 1.85. The van der Waals surface area contributed by atoms with Gasteiger partial charge in [-0.1, -0.05) is 29.4 Å². The topological polar surface area (TPSA) is 49.6 Å². The zero-order valence-electron chi connectivity index (χ0n) is 15.6. The summed E-state index contributed by atoms with van der Waals surface area (Å²) < 4.78 is 18.7. The molecule has 28 heavy (non-hydrogen) atoms. The third kappa shape index (κ3) is 3.18. The number of carbonyl (C=O) groups excluding carboxylic acids is 1. The lowest BCUT2D eigenvalue weighted by Gasteiger charge is -2.31. The van der Waals surface area contributed by atoms with Gasteiger partial charge in [-0.25, -0.2) is 4.39 Å². The number of piperidine rings is 1. The molecule has 0 bridgehead atoms. The second-order valence-electron chi connectivity index (χ2n) is 7.78. The number of rotatable bonds is 3. The number of aromatic nitrogens is 1. The highest BCUT2D eigenvalue weighted by atomic mass is 19.1. The molecule has 2 aromatic carbocycles. The van der Waals surface area contributed by atoms with Gasteiger partial charge in [0, 0.05) is 30.5 Å². The largest absolute Gasteiger partial charge is 0.356 e. The van der Waals surface area contributed by atoms with Crippen LogP contribution in [0.25, 0.3) is 11.0 Å². The molecule has 5 nitrogen and oxygen atoms in total. The van der Waals surface area contributed by atoms with E-state index in [1.165, 1.54) is 23.3 Å². The number of likely N-dealkylation sites (tertiary alicyclic amines) is 1. The summed E-state index contributed by atoms with van der Waals surface area (Å²) in [6, 6.07) is 12.8. The van der Waals surface area contributed by atoms with Crippen molar-refractivity contribution in [2.45, 2.75) is 31.8 Å². The average Bonchev–Trinajstić information content (AvgIpc) is 3.32. The Balaban J connectivity index is 1.19. The third-order valence-corrected chi connectivity index (χ3v) is 5.99. The van der Waals surface area contributed by atoms with Crippen molar-refractivity contribution in [3.05, 3.63) is 65.1 Å². The maximum atomic E-state index is 13.3. The fourth-order valence-electron chi connectivity index (χ4n) is 4.39. The monoisotopic (exact) mass is 379 g/mol. The number of fused-ring (bicyclic) bond motifs is 2. The lowest BCUT2D eigenvalue weighted by Crippen LogP contribution is -2.41. The number of halogens is 1. The molecule has 0 aliphatic carbocycles. The standard InChI is InChI=1S/C22H22FN3O2/c23-18-5-6-19-20(11-18)28-24-22(19)15-7-9-25(10-8-15)14-21(27)26-12-16-3-1-2-4-17(16)13-26/h1-6,11,15H,7-10,12-14H2. The minimum absolute atomic E-state index is 0.192. The van der Waals surface area contributed by atoms with Gasteiger partial charge in [-0.15, -0.1) is 0 Å². The van der Waals surface area contributed by atoms with Crippen LogP contribution in [0.1, 0.15) is 35.6 Å². The number of benzene rings is 2. The Labute approximate surface area is 162 Å². The second-order valence-corrected chi connectivity index (χ2v) is 7.78. The normalized spacial score (nSPS) is 18.0. The van der Waals surface area contributed by atoms with E-state index in [1.807, 2.05) is 17.0 Å². The third-order valence-electron chi connectivity index (χ3n) is 5.99. The molecule has 0 unspecified atom stereocenters. The van der Waals surface area contributed by atoms with Crippen LogP contribution in [-0.4, -0.2) is 40.5 Å². The quantitative estimate of drug-likeness (QED) is 0.696. The first-order chi connectivity index (χ1) is 13.7. The Morgan fingerprint density at radius 3 is 2.54 bits per heavy atom. The zero-order valence-corrected chi connectivity index (χ0v) is 15.6. The minimum Gasteiger partial charge on any atom is -0.356 e. The molecule has 0 spiro atoms. The predicted molar refractivity (Wildman–Crippen MR) is 103 cm³/mol. The first kappa shape index (κ1) is 17.4. The Bertz CT molecular complexity index is 999. The molecule has 2 aliphatic rings. The van der Waals surface area contributed by atoms with Crippen molar-refractivity contribution >= 4 is 16.9 Å². The van der Waals surface area contributed by atoms with Gasteiger partial charge in [0.1, 0.15) is 5.82 Å². The lowest BCUT2D eigenvalue weighted by molar-refractivity contribution is -0.133. The molecule has 0 atom stereocenters. The van der Waals surface area contributed by atoms with Gasteiger partial charge in [-0.3, -0.25) is 9.69 Å². The maximum absolute atomic E-state index is 13.3. The smallest absolute Gasteiger partial charge is 0.237 e. The fourth-order valence-corrected chi connectivity index (χ4v) is 4.39. The molecule has 144 valence electrons. The summed E-state index contributed by atoms with van der Waals surface area (Å²) >= 11 is 0. The number of nitrogens with zero attached hydrogens (tertiary/aromatic N) is 3. The van der Waals surface area contributed by atoms with E-state index in [9.17, 15) is 9.18 Å². The van der Waals surface area contributed by atoms with Crippen molar-refractivity contribution in [2.24, 2.45) is 0 Å². The molecule has 0 N–H and O–H groups in total. The van der Waals surface area contributed by atoms with Gasteiger partial charge in [-0.2, -0.15) is 0 Å². The highest BCUT2D eigenvalue weighted by Gasteiger charge is 2.28. The van der Waals surface area contributed by atoms with Crippen LogP contribution >= 0.6 is 0 Å². The van der Waals surface area contributed by atoms with Crippen LogP contribution in [0, 0.1) is 5.82 Å². The second kappa shape index (κ2) is 7.02. The van der Waals surface area contributed by atoms with Crippen LogP contribution in [0.15, 0.2) is 47.0 Å². The molecule has 1 saturated heterocycles. The molecular weight excluding hydrogens is 357 g/mol. The van der Waals surface area contributed by atoms with E-state index < -0.39 is 0 Å². The average molecular weight is 379 g/mol. The van der Waals surface area contributed by atoms with E-state index in [0.29, 0.717) is 25.2 Å². The zero-order chi connectivity index (χ0) is 19.1. The highest BCUT2D eigenvalue weighted by Crippen LogP contribution is 2.33. The van der Waals surface area contributed by atoms with E-state index in [4.69, 9.17) is 4.52 Å². The van der Waals surface area contributed by atoms with E-state index in [1.54, 1.807) is 6.07 Å². The van der Waals surface area contributed by atoms with Crippen molar-refractivity contribution < 1.29 is 13.7 Å². The van der Waals surface area contributed by atoms with E-state index in [0.717, 1.165) is 37.0 Å². The van der Waals surface area contributed by atoms with Gasteiger partial charge in [0.25, 0.3) is 0 Å². The molecule has 3 heterocycles. The van der Waals surface area contributed by atoms with Gasteiger partial charge in [0.2, 0.25) is 5.91 Å². The Morgan fingerprint density at radius 2 is 1.82 bits per heavy atom. The summed E-state index contributed by atoms with van der Waals surface area (Å²) in [7, 11) is 0. The van der Waals surface area contributed by atoms with Gasteiger partial charge < -0.3 is 9.42 Å². The van der Waals surface area contributed by atoms with Gasteiger partial charge in [0.15, 0.2) is 5.58 Å². The van der Waals surface area contributed by atoms with Crippen molar-refractivity contribution in [2.75, 3.05) is 19.6 Å². The molecule has 2 aliphatic heterocycles. The van der Waals surface area contributed by atoms with E-state index >= 15 is 0 Å². The van der Waals surface area contributed by atoms with Crippen molar-refractivity contribution in [3.8, 4) is 0 Å². The molecule has 0 saturated carbocycles. The molecule has 0 radical (unpaired) electrons. The summed E-state index contributed by atoms with van der Waals surface area (Å²) in [6.45, 7) is 3.60. The van der Waals surface area contributed by atoms with Crippen LogP contribution < -0.4 is 0 Å². The summed E-state index contributed by atoms with van der Waals surface area (Å²) in [5.41, 5.74) is 3.92. The molecule has 1 amide bonds. The van der Waals surface area contributed by atoms with Crippen LogP contribution in [0.2, 0.25) is 0 Å². The van der Waals surface area contributed by atoms with Crippen molar-refractivity contribution in [1.29, 1.82) is 0 Å². The molecule has 5 rings (SSSR count). The minimum atomic E-state index is -0.312. The fraction of sp³-hybridized carbons (Fsp3) is 0.364. The van der Waals surface area contributed by atoms with Gasteiger partial charge in [-0.05, 0) is 49.2 Å². The van der Waals surface area contributed by atoms with Crippen LogP contribution in [0.4, 0.5) is 4.39 Å².